The maximum Gasteiger partial charge on any atom is 0.276 e. The van der Waals surface area contributed by atoms with Gasteiger partial charge in [0.15, 0.2) is 5.11 Å². The van der Waals surface area contributed by atoms with Gasteiger partial charge in [0.1, 0.15) is 29.6 Å². The van der Waals surface area contributed by atoms with Crippen molar-refractivity contribution in [3.05, 3.63) is 70.2 Å². The summed E-state index contributed by atoms with van der Waals surface area (Å²) >= 11 is 8.53. The molecule has 2 heterocycles. The van der Waals surface area contributed by atoms with Crippen molar-refractivity contribution >= 4 is 56.0 Å². The Hall–Kier alpha value is -2.64. The summed E-state index contributed by atoms with van der Waals surface area (Å²) in [5, 5.41) is 5.49. The lowest BCUT2D eigenvalue weighted by molar-refractivity contribution is -0.121. The fourth-order valence-electron chi connectivity index (χ4n) is 2.75. The van der Waals surface area contributed by atoms with Crippen LogP contribution in [0.2, 0.25) is 0 Å². The van der Waals surface area contributed by atoms with Gasteiger partial charge in [0.25, 0.3) is 5.91 Å². The zero-order chi connectivity index (χ0) is 19.0. The topological polar surface area (TPSA) is 54.7 Å². The highest BCUT2D eigenvalue weighted by Crippen LogP contribution is 2.25. The number of ether oxygens (including phenoxy) is 1. The van der Waals surface area contributed by atoms with Crippen LogP contribution in [-0.2, 0) is 11.4 Å². The lowest BCUT2D eigenvalue weighted by Gasteiger charge is -2.06. The molecular weight excluding hydrogens is 428 g/mol. The number of rotatable bonds is 4. The van der Waals surface area contributed by atoms with Crippen LogP contribution in [0.3, 0.4) is 0 Å². The molecule has 1 aromatic heterocycles. The average molecular weight is 443 g/mol. The summed E-state index contributed by atoms with van der Waals surface area (Å²) < 4.78 is 12.6. The van der Waals surface area contributed by atoms with Crippen molar-refractivity contribution in [3.63, 3.8) is 0 Å². The van der Waals surface area contributed by atoms with Gasteiger partial charge in [-0.1, -0.05) is 28.1 Å². The molecule has 0 atom stereocenters. The van der Waals surface area contributed by atoms with Crippen molar-refractivity contribution in [2.75, 3.05) is 7.05 Å². The summed E-state index contributed by atoms with van der Waals surface area (Å²) in [7, 11) is 1.63. The standard InChI is InChI=1S/C20H15BrN2O3S/c1-23-19(24)18(22-20(23)27)10-16-6-7-17(26-16)11-25-15-5-3-12-8-14(21)4-2-13(12)9-15/h2-10H,11H2,1H3,(H,22,27)/b18-10+. The van der Waals surface area contributed by atoms with Crippen LogP contribution >= 0.6 is 28.1 Å². The number of likely N-dealkylation sites (N-methyl/N-ethyl adjacent to an activating group) is 1. The van der Waals surface area contributed by atoms with Crippen molar-refractivity contribution in [2.45, 2.75) is 6.61 Å². The number of hydrogen-bond donors (Lipinski definition) is 1. The minimum absolute atomic E-state index is 0.183. The number of halogens is 1. The number of hydrogen-bond acceptors (Lipinski definition) is 4. The Balaban J connectivity index is 1.45. The zero-order valence-corrected chi connectivity index (χ0v) is 16.8. The number of fused-ring (bicyclic) bond motifs is 1. The molecule has 3 aromatic rings. The van der Waals surface area contributed by atoms with Crippen molar-refractivity contribution in [1.29, 1.82) is 0 Å². The Morgan fingerprint density at radius 2 is 1.96 bits per heavy atom. The lowest BCUT2D eigenvalue weighted by atomic mass is 10.1. The van der Waals surface area contributed by atoms with Gasteiger partial charge in [0.05, 0.1) is 0 Å². The summed E-state index contributed by atoms with van der Waals surface area (Å²) in [6.07, 6.45) is 1.63. The third kappa shape index (κ3) is 3.74. The first-order chi connectivity index (χ1) is 13.0. The van der Waals surface area contributed by atoms with Crippen LogP contribution in [0.15, 0.2) is 63.1 Å². The number of carbonyl (C=O) groups excluding carboxylic acids is 1. The SMILES string of the molecule is CN1C(=O)/C(=C\c2ccc(COc3ccc4cc(Br)ccc4c3)o2)NC1=S. The zero-order valence-electron chi connectivity index (χ0n) is 14.4. The Morgan fingerprint density at radius 1 is 1.19 bits per heavy atom. The number of benzene rings is 2. The monoisotopic (exact) mass is 442 g/mol. The molecular formula is C20H15BrN2O3S. The van der Waals surface area contributed by atoms with Crippen LogP contribution in [-0.4, -0.2) is 23.0 Å². The van der Waals surface area contributed by atoms with Gasteiger partial charge in [-0.05, 0) is 59.4 Å². The van der Waals surface area contributed by atoms with E-state index in [-0.39, 0.29) is 5.91 Å². The van der Waals surface area contributed by atoms with E-state index in [1.165, 1.54) is 4.90 Å². The number of nitrogens with one attached hydrogen (secondary N) is 1. The van der Waals surface area contributed by atoms with Gasteiger partial charge in [-0.2, -0.15) is 0 Å². The molecule has 5 nitrogen and oxygen atoms in total. The van der Waals surface area contributed by atoms with Crippen LogP contribution in [0.5, 0.6) is 5.75 Å². The molecule has 4 rings (SSSR count). The van der Waals surface area contributed by atoms with E-state index in [0.717, 1.165) is 21.0 Å². The summed E-state index contributed by atoms with van der Waals surface area (Å²) in [5.41, 5.74) is 0.394. The molecule has 1 fully saturated rings. The molecule has 0 saturated carbocycles. The second kappa shape index (κ2) is 7.17. The van der Waals surface area contributed by atoms with E-state index < -0.39 is 0 Å². The van der Waals surface area contributed by atoms with Gasteiger partial charge < -0.3 is 14.5 Å². The Labute approximate surface area is 169 Å². The summed E-state index contributed by atoms with van der Waals surface area (Å²) in [6, 6.07) is 15.7. The largest absolute Gasteiger partial charge is 0.486 e. The molecule has 1 N–H and O–H groups in total. The first-order valence-corrected chi connectivity index (χ1v) is 9.41. The number of thiocarbonyl (C=S) groups is 1. The Bertz CT molecular complexity index is 1090. The van der Waals surface area contributed by atoms with E-state index in [1.54, 1.807) is 19.2 Å². The summed E-state index contributed by atoms with van der Waals surface area (Å²) in [4.78, 5) is 13.4. The van der Waals surface area contributed by atoms with E-state index in [0.29, 0.717) is 28.9 Å². The number of amides is 1. The molecule has 0 spiro atoms. The number of furan rings is 1. The van der Waals surface area contributed by atoms with Crippen LogP contribution in [0.1, 0.15) is 11.5 Å². The third-order valence-electron chi connectivity index (χ3n) is 4.21. The molecule has 1 aliphatic heterocycles. The fourth-order valence-corrected chi connectivity index (χ4v) is 3.33. The van der Waals surface area contributed by atoms with Crippen LogP contribution in [0.4, 0.5) is 0 Å². The molecule has 1 saturated heterocycles. The Kier molecular flexibility index (Phi) is 4.72. The summed E-state index contributed by atoms with van der Waals surface area (Å²) in [6.45, 7) is 0.297. The van der Waals surface area contributed by atoms with Gasteiger partial charge >= 0.3 is 0 Å². The normalized spacial score (nSPS) is 15.6. The molecule has 0 unspecified atom stereocenters. The van der Waals surface area contributed by atoms with Gasteiger partial charge in [0, 0.05) is 17.6 Å². The first-order valence-electron chi connectivity index (χ1n) is 8.21. The van der Waals surface area contributed by atoms with E-state index in [1.807, 2.05) is 36.4 Å². The van der Waals surface area contributed by atoms with E-state index in [9.17, 15) is 4.79 Å². The second-order valence-corrected chi connectivity index (χ2v) is 7.40. The van der Waals surface area contributed by atoms with Crippen LogP contribution in [0.25, 0.3) is 16.8 Å². The van der Waals surface area contributed by atoms with Crippen molar-refractivity contribution in [1.82, 2.24) is 10.2 Å². The van der Waals surface area contributed by atoms with Crippen molar-refractivity contribution in [2.24, 2.45) is 0 Å². The maximum absolute atomic E-state index is 12.0. The highest BCUT2D eigenvalue weighted by Gasteiger charge is 2.27. The van der Waals surface area contributed by atoms with Gasteiger partial charge in [-0.3, -0.25) is 9.69 Å². The predicted molar refractivity (Wildman–Crippen MR) is 111 cm³/mol. The highest BCUT2D eigenvalue weighted by molar-refractivity contribution is 9.10. The van der Waals surface area contributed by atoms with Crippen molar-refractivity contribution < 1.29 is 13.9 Å². The Morgan fingerprint density at radius 3 is 2.74 bits per heavy atom. The molecule has 0 radical (unpaired) electrons. The van der Waals surface area contributed by atoms with Gasteiger partial charge in [0.2, 0.25) is 0 Å². The quantitative estimate of drug-likeness (QED) is 0.477. The minimum atomic E-state index is -0.183. The minimum Gasteiger partial charge on any atom is -0.486 e. The summed E-state index contributed by atoms with van der Waals surface area (Å²) in [5.74, 6) is 1.81. The maximum atomic E-state index is 12.0. The molecule has 0 bridgehead atoms. The molecule has 1 amide bonds. The van der Waals surface area contributed by atoms with Gasteiger partial charge in [-0.15, -0.1) is 0 Å². The smallest absolute Gasteiger partial charge is 0.276 e. The van der Waals surface area contributed by atoms with E-state index in [2.05, 4.69) is 27.3 Å². The van der Waals surface area contributed by atoms with E-state index >= 15 is 0 Å². The number of nitrogens with zero attached hydrogens (tertiary/aromatic N) is 1. The number of carbonyl (C=O) groups is 1. The predicted octanol–water partition coefficient (Wildman–Crippen LogP) is 4.46. The third-order valence-corrected chi connectivity index (χ3v) is 5.07. The molecule has 0 aliphatic carbocycles. The molecule has 1 aliphatic rings. The van der Waals surface area contributed by atoms with Crippen molar-refractivity contribution in [3.8, 4) is 5.75 Å². The molecule has 136 valence electrons. The lowest BCUT2D eigenvalue weighted by Crippen LogP contribution is -2.25. The van der Waals surface area contributed by atoms with Crippen LogP contribution < -0.4 is 10.1 Å². The molecule has 27 heavy (non-hydrogen) atoms. The second-order valence-electron chi connectivity index (χ2n) is 6.10. The molecule has 7 heteroatoms. The van der Waals surface area contributed by atoms with Gasteiger partial charge in [-0.25, -0.2) is 0 Å². The van der Waals surface area contributed by atoms with E-state index in [4.69, 9.17) is 21.4 Å². The van der Waals surface area contributed by atoms with Crippen LogP contribution in [0, 0.1) is 0 Å². The average Bonchev–Trinajstić information content (AvgIpc) is 3.20. The first kappa shape index (κ1) is 17.8. The highest BCUT2D eigenvalue weighted by atomic mass is 79.9. The fraction of sp³-hybridized carbons (Fsp3) is 0.100. The molecule has 2 aromatic carbocycles.